The largest absolute Gasteiger partial charge is 0.489 e. The third kappa shape index (κ3) is 5.43. The van der Waals surface area contributed by atoms with Gasteiger partial charge in [0, 0.05) is 0 Å². The van der Waals surface area contributed by atoms with Crippen LogP contribution in [0.1, 0.15) is 28.4 Å². The van der Waals surface area contributed by atoms with Crippen LogP contribution in [0.25, 0.3) is 0 Å². The highest BCUT2D eigenvalue weighted by atomic mass is 32.1. The number of hydrogen-bond donors (Lipinski definition) is 1. The lowest BCUT2D eigenvalue weighted by Gasteiger charge is -2.13. The van der Waals surface area contributed by atoms with Crippen LogP contribution in [0.2, 0.25) is 0 Å². The van der Waals surface area contributed by atoms with Crippen molar-refractivity contribution in [2.24, 2.45) is 0 Å². The van der Waals surface area contributed by atoms with Gasteiger partial charge in [-0.2, -0.15) is 5.26 Å². The van der Waals surface area contributed by atoms with Crippen LogP contribution in [0.15, 0.2) is 66.0 Å². The SMILES string of the molecule is C[C@H](OC(=O)c1cccc(OCc2ccccc2)c1)C(=O)Nc1sccc1C#N. The van der Waals surface area contributed by atoms with Crippen LogP contribution < -0.4 is 10.1 Å². The summed E-state index contributed by atoms with van der Waals surface area (Å²) in [5.41, 5.74) is 1.66. The standard InChI is InChI=1S/C22H18N2O4S/c1-15(20(25)24-21-18(13-23)10-11-29-21)28-22(26)17-8-5-9-19(12-17)27-14-16-6-3-2-4-7-16/h2-12,15H,14H2,1H3,(H,24,25)/t15-/m0/s1. The Balaban J connectivity index is 1.58. The van der Waals surface area contributed by atoms with Gasteiger partial charge in [-0.05, 0) is 42.1 Å². The third-order valence-electron chi connectivity index (χ3n) is 3.99. The average Bonchev–Trinajstić information content (AvgIpc) is 3.20. The Labute approximate surface area is 172 Å². The molecule has 0 aliphatic heterocycles. The van der Waals surface area contributed by atoms with E-state index in [2.05, 4.69) is 5.32 Å². The lowest BCUT2D eigenvalue weighted by atomic mass is 10.2. The molecule has 1 atom stereocenters. The number of esters is 1. The summed E-state index contributed by atoms with van der Waals surface area (Å²) in [7, 11) is 0. The van der Waals surface area contributed by atoms with Gasteiger partial charge in [-0.25, -0.2) is 4.79 Å². The van der Waals surface area contributed by atoms with Gasteiger partial charge in [0.05, 0.1) is 11.1 Å². The maximum absolute atomic E-state index is 12.4. The lowest BCUT2D eigenvalue weighted by molar-refractivity contribution is -0.123. The molecule has 1 aromatic heterocycles. The number of carbonyl (C=O) groups excluding carboxylic acids is 2. The predicted molar refractivity (Wildman–Crippen MR) is 110 cm³/mol. The van der Waals surface area contributed by atoms with E-state index in [9.17, 15) is 9.59 Å². The molecule has 0 aliphatic rings. The second-order valence-electron chi connectivity index (χ2n) is 6.11. The highest BCUT2D eigenvalue weighted by Gasteiger charge is 2.20. The Morgan fingerprint density at radius 2 is 1.93 bits per heavy atom. The first kappa shape index (κ1) is 20.1. The van der Waals surface area contributed by atoms with Crippen molar-refractivity contribution in [3.8, 4) is 11.8 Å². The van der Waals surface area contributed by atoms with E-state index in [-0.39, 0.29) is 5.56 Å². The van der Waals surface area contributed by atoms with Crippen molar-refractivity contribution in [3.05, 3.63) is 82.7 Å². The van der Waals surface area contributed by atoms with Crippen molar-refractivity contribution in [1.29, 1.82) is 5.26 Å². The molecule has 146 valence electrons. The van der Waals surface area contributed by atoms with Crippen molar-refractivity contribution in [2.75, 3.05) is 5.32 Å². The van der Waals surface area contributed by atoms with Gasteiger partial charge >= 0.3 is 5.97 Å². The molecule has 0 saturated heterocycles. The van der Waals surface area contributed by atoms with Gasteiger partial charge < -0.3 is 14.8 Å². The van der Waals surface area contributed by atoms with Crippen molar-refractivity contribution >= 4 is 28.2 Å². The molecule has 1 heterocycles. The van der Waals surface area contributed by atoms with Crippen LogP contribution in [0, 0.1) is 11.3 Å². The molecule has 1 amide bonds. The van der Waals surface area contributed by atoms with E-state index in [0.29, 0.717) is 22.9 Å². The summed E-state index contributed by atoms with van der Waals surface area (Å²) in [6.07, 6.45) is -1.02. The number of thiophene rings is 1. The molecular weight excluding hydrogens is 388 g/mol. The number of benzene rings is 2. The molecule has 29 heavy (non-hydrogen) atoms. The minimum atomic E-state index is -1.02. The molecule has 3 rings (SSSR count). The normalized spacial score (nSPS) is 11.2. The highest BCUT2D eigenvalue weighted by Crippen LogP contribution is 2.22. The molecule has 1 N–H and O–H groups in total. The summed E-state index contributed by atoms with van der Waals surface area (Å²) in [4.78, 5) is 24.7. The fourth-order valence-corrected chi connectivity index (χ4v) is 3.18. The summed E-state index contributed by atoms with van der Waals surface area (Å²) in [5, 5.41) is 13.7. The van der Waals surface area contributed by atoms with Crippen LogP contribution in [0.4, 0.5) is 5.00 Å². The van der Waals surface area contributed by atoms with Crippen LogP contribution in [0.5, 0.6) is 5.75 Å². The smallest absolute Gasteiger partial charge is 0.339 e. The second-order valence-corrected chi connectivity index (χ2v) is 7.03. The van der Waals surface area contributed by atoms with E-state index in [4.69, 9.17) is 14.7 Å². The maximum atomic E-state index is 12.4. The monoisotopic (exact) mass is 406 g/mol. The zero-order chi connectivity index (χ0) is 20.6. The average molecular weight is 406 g/mol. The number of anilines is 1. The molecule has 0 radical (unpaired) electrons. The van der Waals surface area contributed by atoms with Crippen LogP contribution >= 0.6 is 11.3 Å². The lowest BCUT2D eigenvalue weighted by Crippen LogP contribution is -2.29. The summed E-state index contributed by atoms with van der Waals surface area (Å²) in [5.74, 6) is -0.615. The quantitative estimate of drug-likeness (QED) is 0.588. The molecule has 0 saturated carbocycles. The molecule has 0 aliphatic carbocycles. The topological polar surface area (TPSA) is 88.4 Å². The number of nitriles is 1. The Hall–Kier alpha value is -3.63. The van der Waals surface area contributed by atoms with Gasteiger partial charge in [-0.15, -0.1) is 11.3 Å². The Morgan fingerprint density at radius 1 is 1.14 bits per heavy atom. The maximum Gasteiger partial charge on any atom is 0.339 e. The van der Waals surface area contributed by atoms with E-state index in [1.165, 1.54) is 18.3 Å². The van der Waals surface area contributed by atoms with Gasteiger partial charge in [0.25, 0.3) is 5.91 Å². The molecule has 6 nitrogen and oxygen atoms in total. The van der Waals surface area contributed by atoms with Gasteiger partial charge in [-0.3, -0.25) is 4.79 Å². The molecule has 7 heteroatoms. The van der Waals surface area contributed by atoms with E-state index in [1.54, 1.807) is 35.7 Å². The van der Waals surface area contributed by atoms with E-state index in [0.717, 1.165) is 5.56 Å². The molecular formula is C22H18N2O4S. The predicted octanol–water partition coefficient (Wildman–Crippen LogP) is 4.38. The molecule has 0 bridgehead atoms. The molecule has 3 aromatic rings. The zero-order valence-corrected chi connectivity index (χ0v) is 16.4. The summed E-state index contributed by atoms with van der Waals surface area (Å²) < 4.78 is 11.0. The van der Waals surface area contributed by atoms with Crippen molar-refractivity contribution < 1.29 is 19.1 Å². The highest BCUT2D eigenvalue weighted by molar-refractivity contribution is 7.14. The van der Waals surface area contributed by atoms with E-state index in [1.807, 2.05) is 36.4 Å². The molecule has 2 aromatic carbocycles. The van der Waals surface area contributed by atoms with Crippen LogP contribution in [-0.4, -0.2) is 18.0 Å². The first-order valence-corrected chi connectivity index (χ1v) is 9.71. The van der Waals surface area contributed by atoms with Gasteiger partial charge in [0.15, 0.2) is 6.10 Å². The summed E-state index contributed by atoms with van der Waals surface area (Å²) in [6.45, 7) is 1.85. The van der Waals surface area contributed by atoms with Crippen LogP contribution in [-0.2, 0) is 16.1 Å². The van der Waals surface area contributed by atoms with E-state index < -0.39 is 18.0 Å². The van der Waals surface area contributed by atoms with Gasteiger partial charge in [0.2, 0.25) is 0 Å². The fourth-order valence-electron chi connectivity index (χ4n) is 2.44. The Morgan fingerprint density at radius 3 is 2.69 bits per heavy atom. The third-order valence-corrected chi connectivity index (χ3v) is 4.82. The number of amides is 1. The van der Waals surface area contributed by atoms with Crippen molar-refractivity contribution in [2.45, 2.75) is 19.6 Å². The van der Waals surface area contributed by atoms with Gasteiger partial charge in [-0.1, -0.05) is 36.4 Å². The molecule has 0 fully saturated rings. The summed E-state index contributed by atoms with van der Waals surface area (Å²) >= 11 is 1.23. The van der Waals surface area contributed by atoms with E-state index >= 15 is 0 Å². The number of ether oxygens (including phenoxy) is 2. The number of rotatable bonds is 7. The van der Waals surface area contributed by atoms with Crippen molar-refractivity contribution in [1.82, 2.24) is 0 Å². The molecule has 0 unspecified atom stereocenters. The van der Waals surface area contributed by atoms with Gasteiger partial charge in [0.1, 0.15) is 23.4 Å². The number of carbonyl (C=O) groups is 2. The fraction of sp³-hybridized carbons (Fsp3) is 0.136. The minimum Gasteiger partial charge on any atom is -0.489 e. The zero-order valence-electron chi connectivity index (χ0n) is 15.6. The van der Waals surface area contributed by atoms with Crippen molar-refractivity contribution in [3.63, 3.8) is 0 Å². The second kappa shape index (κ2) is 9.53. The molecule has 0 spiro atoms. The Kier molecular flexibility index (Phi) is 6.61. The number of nitrogens with one attached hydrogen (secondary N) is 1. The summed E-state index contributed by atoms with van der Waals surface area (Å²) in [6, 6.07) is 19.9. The minimum absolute atomic E-state index is 0.282. The van der Waals surface area contributed by atoms with Crippen LogP contribution in [0.3, 0.4) is 0 Å². The first-order valence-electron chi connectivity index (χ1n) is 8.83. The Bertz CT molecular complexity index is 1040. The first-order chi connectivity index (χ1) is 14.1. The number of nitrogens with zero attached hydrogens (tertiary/aromatic N) is 1. The number of hydrogen-bond acceptors (Lipinski definition) is 6.